The summed E-state index contributed by atoms with van der Waals surface area (Å²) in [7, 11) is 0. The van der Waals surface area contributed by atoms with Crippen LogP contribution in [0, 0.1) is 10.8 Å². The van der Waals surface area contributed by atoms with Gasteiger partial charge in [0.15, 0.2) is 0 Å². The van der Waals surface area contributed by atoms with Crippen molar-refractivity contribution in [2.45, 2.75) is 25.7 Å². The van der Waals surface area contributed by atoms with Crippen molar-refractivity contribution < 1.29 is 14.3 Å². The minimum atomic E-state index is -0.609. The number of benzene rings is 1. The summed E-state index contributed by atoms with van der Waals surface area (Å²) in [5.41, 5.74) is 0.656. The molecule has 0 amide bonds. The molecular weight excluding hydrogens is 347 g/mol. The Balaban J connectivity index is 0.000000188. The zero-order valence-electron chi connectivity index (χ0n) is 11.5. The molecule has 5 nitrogen and oxygen atoms in total. The van der Waals surface area contributed by atoms with Gasteiger partial charge in [-0.2, -0.15) is 0 Å². The number of carboxylic acid groups (broad SMARTS) is 1. The lowest BCUT2D eigenvalue weighted by Gasteiger charge is -1.98. The molecule has 1 aromatic carbocycles. The highest BCUT2D eigenvalue weighted by molar-refractivity contribution is 7.71. The van der Waals surface area contributed by atoms with Crippen molar-refractivity contribution in [1.29, 1.82) is 0 Å². The molecule has 8 heteroatoms. The number of carbonyl (C=O) groups is 1. The van der Waals surface area contributed by atoms with E-state index in [-0.39, 0.29) is 10.8 Å². The van der Waals surface area contributed by atoms with Crippen molar-refractivity contribution >= 4 is 41.4 Å². The Morgan fingerprint density at radius 3 is 2.50 bits per heavy atom. The zero-order valence-corrected chi connectivity index (χ0v) is 13.8. The van der Waals surface area contributed by atoms with Gasteiger partial charge in [0.1, 0.15) is 0 Å². The van der Waals surface area contributed by atoms with Gasteiger partial charge in [-0.25, -0.2) is 5.10 Å². The van der Waals surface area contributed by atoms with Gasteiger partial charge < -0.3 is 9.52 Å². The molecule has 1 aliphatic carbocycles. The predicted octanol–water partition coefficient (Wildman–Crippen LogP) is 4.97. The number of hydrogen-bond acceptors (Lipinski definition) is 4. The third-order valence-corrected chi connectivity index (χ3v) is 4.03. The Morgan fingerprint density at radius 1 is 1.36 bits per heavy atom. The van der Waals surface area contributed by atoms with E-state index in [2.05, 4.69) is 10.2 Å². The molecule has 0 unspecified atom stereocenters. The van der Waals surface area contributed by atoms with Crippen LogP contribution in [0.15, 0.2) is 22.6 Å². The van der Waals surface area contributed by atoms with Crippen molar-refractivity contribution in [3.8, 4) is 11.5 Å². The van der Waals surface area contributed by atoms with Gasteiger partial charge in [0.25, 0.3) is 4.84 Å². The summed E-state index contributed by atoms with van der Waals surface area (Å²) in [4.78, 5) is 10.4. The van der Waals surface area contributed by atoms with Crippen LogP contribution in [0.3, 0.4) is 0 Å². The van der Waals surface area contributed by atoms with Crippen molar-refractivity contribution in [1.82, 2.24) is 10.2 Å². The standard InChI is InChI=1S/C8H4Cl2N2OS.C6H10O2/c9-4-1-2-5(6(10)3-4)7-11-12-8(14)13-7;7-6(8)5-3-1-2-4-5/h1-3H,(H,12,14);5H,1-4H2,(H,7,8). The first-order valence-electron chi connectivity index (χ1n) is 6.71. The summed E-state index contributed by atoms with van der Waals surface area (Å²) >= 11 is 16.4. The van der Waals surface area contributed by atoms with Crippen molar-refractivity contribution in [2.75, 3.05) is 0 Å². The van der Waals surface area contributed by atoms with E-state index in [0.717, 1.165) is 25.7 Å². The van der Waals surface area contributed by atoms with Gasteiger partial charge >= 0.3 is 5.97 Å². The average molecular weight is 361 g/mol. The number of halogens is 2. The van der Waals surface area contributed by atoms with E-state index in [4.69, 9.17) is 44.9 Å². The Labute approximate surface area is 142 Å². The SMILES string of the molecule is O=C(O)C1CCCC1.S=c1[nH]nc(-c2ccc(Cl)cc2Cl)o1. The van der Waals surface area contributed by atoms with Crippen LogP contribution in [0.4, 0.5) is 0 Å². The minimum Gasteiger partial charge on any atom is -0.481 e. The second-order valence-electron chi connectivity index (χ2n) is 4.86. The molecule has 118 valence electrons. The molecule has 0 saturated heterocycles. The number of aromatic nitrogens is 2. The fourth-order valence-electron chi connectivity index (χ4n) is 2.18. The van der Waals surface area contributed by atoms with Crippen molar-refractivity contribution in [3.63, 3.8) is 0 Å². The largest absolute Gasteiger partial charge is 0.481 e. The third kappa shape index (κ3) is 4.56. The van der Waals surface area contributed by atoms with Crippen LogP contribution in [0.2, 0.25) is 10.0 Å². The number of rotatable bonds is 2. The van der Waals surface area contributed by atoms with Crippen LogP contribution >= 0.6 is 35.4 Å². The molecule has 0 bridgehead atoms. The third-order valence-electron chi connectivity index (χ3n) is 3.30. The lowest BCUT2D eigenvalue weighted by Crippen LogP contribution is -2.07. The molecule has 1 fully saturated rings. The normalized spacial score (nSPS) is 14.5. The summed E-state index contributed by atoms with van der Waals surface area (Å²) in [5, 5.41) is 15.8. The minimum absolute atomic E-state index is 0.0185. The van der Waals surface area contributed by atoms with E-state index in [0.29, 0.717) is 21.5 Å². The number of nitrogens with zero attached hydrogens (tertiary/aromatic N) is 1. The number of nitrogens with one attached hydrogen (secondary N) is 1. The first kappa shape index (κ1) is 17.0. The summed E-state index contributed by atoms with van der Waals surface area (Å²) in [6, 6.07) is 5.04. The van der Waals surface area contributed by atoms with E-state index < -0.39 is 5.97 Å². The van der Waals surface area contributed by atoms with Crippen molar-refractivity contribution in [3.05, 3.63) is 33.1 Å². The van der Waals surface area contributed by atoms with Crippen LogP contribution in [-0.2, 0) is 4.79 Å². The maximum atomic E-state index is 10.2. The second kappa shape index (κ2) is 7.76. The van der Waals surface area contributed by atoms with Crippen LogP contribution in [-0.4, -0.2) is 21.3 Å². The topological polar surface area (TPSA) is 79.1 Å². The monoisotopic (exact) mass is 360 g/mol. The summed E-state index contributed by atoms with van der Waals surface area (Å²) in [6.45, 7) is 0. The van der Waals surface area contributed by atoms with Gasteiger partial charge in [0, 0.05) is 5.02 Å². The fraction of sp³-hybridized carbons (Fsp3) is 0.357. The Morgan fingerprint density at radius 2 is 2.05 bits per heavy atom. The molecule has 0 spiro atoms. The van der Waals surface area contributed by atoms with Gasteiger partial charge in [0.2, 0.25) is 5.89 Å². The smallest absolute Gasteiger partial charge is 0.306 e. The second-order valence-corrected chi connectivity index (χ2v) is 6.08. The number of H-pyrrole nitrogens is 1. The average Bonchev–Trinajstić information content (AvgIpc) is 3.10. The van der Waals surface area contributed by atoms with E-state index >= 15 is 0 Å². The fourth-order valence-corrected chi connectivity index (χ4v) is 2.79. The molecule has 0 atom stereocenters. The highest BCUT2D eigenvalue weighted by Crippen LogP contribution is 2.28. The molecule has 0 radical (unpaired) electrons. The van der Waals surface area contributed by atoms with E-state index in [1.165, 1.54) is 0 Å². The van der Waals surface area contributed by atoms with Gasteiger partial charge in [-0.1, -0.05) is 36.0 Å². The lowest BCUT2D eigenvalue weighted by atomic mass is 10.1. The first-order chi connectivity index (χ1) is 10.5. The van der Waals surface area contributed by atoms with Crippen LogP contribution in [0.5, 0.6) is 0 Å². The van der Waals surface area contributed by atoms with Crippen LogP contribution in [0.25, 0.3) is 11.5 Å². The summed E-state index contributed by atoms with van der Waals surface area (Å²) < 4.78 is 5.11. The Kier molecular flexibility index (Phi) is 5.99. The molecule has 1 heterocycles. The Hall–Kier alpha value is -1.37. The zero-order chi connectivity index (χ0) is 16.1. The number of hydrogen-bond donors (Lipinski definition) is 2. The number of aliphatic carboxylic acids is 1. The highest BCUT2D eigenvalue weighted by Gasteiger charge is 2.21. The number of carboxylic acids is 1. The summed E-state index contributed by atoms with van der Waals surface area (Å²) in [6.07, 6.45) is 4.01. The van der Waals surface area contributed by atoms with Gasteiger partial charge in [-0.15, -0.1) is 5.10 Å². The van der Waals surface area contributed by atoms with Crippen molar-refractivity contribution in [2.24, 2.45) is 5.92 Å². The summed E-state index contributed by atoms with van der Waals surface area (Å²) in [5.74, 6) is -0.269. The van der Waals surface area contributed by atoms with E-state index in [1.807, 2.05) is 0 Å². The molecule has 1 aliphatic rings. The molecule has 3 rings (SSSR count). The maximum Gasteiger partial charge on any atom is 0.306 e. The van der Waals surface area contributed by atoms with E-state index in [9.17, 15) is 4.79 Å². The molecule has 22 heavy (non-hydrogen) atoms. The van der Waals surface area contributed by atoms with Crippen LogP contribution in [0.1, 0.15) is 25.7 Å². The quantitative estimate of drug-likeness (QED) is 0.739. The highest BCUT2D eigenvalue weighted by atomic mass is 35.5. The lowest BCUT2D eigenvalue weighted by molar-refractivity contribution is -0.141. The Bertz CT molecular complexity index is 708. The predicted molar refractivity (Wildman–Crippen MR) is 86.7 cm³/mol. The van der Waals surface area contributed by atoms with Gasteiger partial charge in [-0.3, -0.25) is 4.79 Å². The van der Waals surface area contributed by atoms with Crippen LogP contribution < -0.4 is 0 Å². The molecule has 1 saturated carbocycles. The molecule has 2 N–H and O–H groups in total. The molecular formula is C14H14Cl2N2O3S. The molecule has 0 aliphatic heterocycles. The number of aromatic amines is 1. The first-order valence-corrected chi connectivity index (χ1v) is 7.87. The molecule has 2 aromatic rings. The maximum absolute atomic E-state index is 10.2. The van der Waals surface area contributed by atoms with Gasteiger partial charge in [-0.05, 0) is 43.3 Å². The molecule has 1 aromatic heterocycles. The van der Waals surface area contributed by atoms with E-state index in [1.54, 1.807) is 18.2 Å². The van der Waals surface area contributed by atoms with Gasteiger partial charge in [0.05, 0.1) is 16.5 Å².